The Morgan fingerprint density at radius 2 is 2.26 bits per heavy atom. The molecule has 1 aromatic carbocycles. The van der Waals surface area contributed by atoms with Crippen LogP contribution in [-0.2, 0) is 21.4 Å². The third-order valence-corrected chi connectivity index (χ3v) is 6.41. The summed E-state index contributed by atoms with van der Waals surface area (Å²) in [4.78, 5) is 15.8. The zero-order valence-corrected chi connectivity index (χ0v) is 14.4. The van der Waals surface area contributed by atoms with Crippen LogP contribution in [0.2, 0.25) is 5.02 Å². The zero-order chi connectivity index (χ0) is 16.2. The summed E-state index contributed by atoms with van der Waals surface area (Å²) in [5, 5.41) is 2.07. The van der Waals surface area contributed by atoms with Gasteiger partial charge in [0.2, 0.25) is 0 Å². The molecular formula is C19H22ClNO2. The second-order valence-corrected chi connectivity index (χ2v) is 7.39. The van der Waals surface area contributed by atoms with E-state index >= 15 is 0 Å². The predicted molar refractivity (Wildman–Crippen MR) is 92.0 cm³/mol. The highest BCUT2D eigenvalue weighted by Crippen LogP contribution is 2.57. The number of esters is 1. The molecule has 0 spiro atoms. The van der Waals surface area contributed by atoms with Crippen LogP contribution in [0.1, 0.15) is 49.4 Å². The number of hydrogen-bond acceptors (Lipinski definition) is 2. The third-order valence-electron chi connectivity index (χ3n) is 6.00. The molecule has 0 amide bonds. The number of benzene rings is 1. The number of fused-ring (bicyclic) bond motifs is 5. The molecule has 2 atom stereocenters. The first kappa shape index (κ1) is 15.1. The summed E-state index contributed by atoms with van der Waals surface area (Å²) in [7, 11) is 0. The number of nitrogens with one attached hydrogen (secondary N) is 1. The fourth-order valence-electron chi connectivity index (χ4n) is 4.67. The Kier molecular flexibility index (Phi) is 3.45. The molecule has 23 heavy (non-hydrogen) atoms. The van der Waals surface area contributed by atoms with Crippen molar-refractivity contribution in [3.63, 3.8) is 0 Å². The standard InChI is InChI=1S/C19H22ClNO2/c1-3-23-16(22)10-19-9-8-12(19)4-5-14-13-6-7-15(20)11(2)17(13)21-18(14)19/h6-7,12,21H,3-5,8-10H2,1-2H3/t12-,19-/m0/s1. The van der Waals surface area contributed by atoms with Crippen molar-refractivity contribution < 1.29 is 9.53 Å². The molecule has 1 N–H and O–H groups in total. The molecule has 0 aliphatic heterocycles. The smallest absolute Gasteiger partial charge is 0.306 e. The molecule has 1 saturated carbocycles. The minimum atomic E-state index is -0.0709. The maximum atomic E-state index is 12.2. The van der Waals surface area contributed by atoms with Crippen molar-refractivity contribution in [3.05, 3.63) is 34.0 Å². The van der Waals surface area contributed by atoms with E-state index in [2.05, 4.69) is 18.0 Å². The number of hydrogen-bond donors (Lipinski definition) is 1. The highest BCUT2D eigenvalue weighted by molar-refractivity contribution is 6.32. The molecular weight excluding hydrogens is 310 g/mol. The van der Waals surface area contributed by atoms with Crippen molar-refractivity contribution in [1.29, 1.82) is 0 Å². The maximum absolute atomic E-state index is 12.2. The van der Waals surface area contributed by atoms with Crippen molar-refractivity contribution in [1.82, 2.24) is 4.98 Å². The summed E-state index contributed by atoms with van der Waals surface area (Å²) in [6, 6.07) is 4.11. The number of ether oxygens (including phenoxy) is 1. The van der Waals surface area contributed by atoms with Crippen molar-refractivity contribution in [2.75, 3.05) is 6.61 Å². The van der Waals surface area contributed by atoms with E-state index in [4.69, 9.17) is 16.3 Å². The third kappa shape index (κ3) is 2.06. The van der Waals surface area contributed by atoms with Crippen LogP contribution in [0.3, 0.4) is 0 Å². The number of aryl methyl sites for hydroxylation is 2. The number of H-pyrrole nitrogens is 1. The molecule has 1 aromatic heterocycles. The minimum absolute atomic E-state index is 0.0439. The molecule has 4 rings (SSSR count). The molecule has 0 radical (unpaired) electrons. The van der Waals surface area contributed by atoms with Gasteiger partial charge in [0.25, 0.3) is 0 Å². The Morgan fingerprint density at radius 1 is 1.43 bits per heavy atom. The van der Waals surface area contributed by atoms with Crippen LogP contribution in [0.25, 0.3) is 10.9 Å². The fourth-order valence-corrected chi connectivity index (χ4v) is 4.83. The van der Waals surface area contributed by atoms with E-state index in [1.165, 1.54) is 29.5 Å². The van der Waals surface area contributed by atoms with Gasteiger partial charge in [0.1, 0.15) is 0 Å². The Balaban J connectivity index is 1.85. The Hall–Kier alpha value is -1.48. The molecule has 0 saturated heterocycles. The van der Waals surface area contributed by atoms with Gasteiger partial charge in [-0.25, -0.2) is 0 Å². The normalized spacial score (nSPS) is 25.6. The van der Waals surface area contributed by atoms with Crippen LogP contribution in [0.15, 0.2) is 12.1 Å². The number of carbonyl (C=O) groups excluding carboxylic acids is 1. The van der Waals surface area contributed by atoms with Gasteiger partial charge in [-0.3, -0.25) is 4.79 Å². The molecule has 0 bridgehead atoms. The summed E-state index contributed by atoms with van der Waals surface area (Å²) in [6.07, 6.45) is 5.04. The first-order valence-electron chi connectivity index (χ1n) is 8.52. The Morgan fingerprint density at radius 3 is 2.96 bits per heavy atom. The summed E-state index contributed by atoms with van der Waals surface area (Å²) in [5.41, 5.74) is 4.85. The first-order chi connectivity index (χ1) is 11.1. The van der Waals surface area contributed by atoms with Gasteiger partial charge in [0.05, 0.1) is 18.5 Å². The van der Waals surface area contributed by atoms with E-state index in [0.717, 1.165) is 28.9 Å². The van der Waals surface area contributed by atoms with Gasteiger partial charge in [-0.05, 0) is 62.6 Å². The lowest BCUT2D eigenvalue weighted by Gasteiger charge is -2.52. The molecule has 1 fully saturated rings. The molecule has 122 valence electrons. The van der Waals surface area contributed by atoms with Crippen LogP contribution >= 0.6 is 11.6 Å². The van der Waals surface area contributed by atoms with Crippen LogP contribution in [0.4, 0.5) is 0 Å². The van der Waals surface area contributed by atoms with Gasteiger partial charge in [0.15, 0.2) is 0 Å². The average Bonchev–Trinajstić information content (AvgIpc) is 2.87. The fraction of sp³-hybridized carbons (Fsp3) is 0.526. The topological polar surface area (TPSA) is 42.1 Å². The molecule has 1 heterocycles. The van der Waals surface area contributed by atoms with Crippen LogP contribution in [-0.4, -0.2) is 17.6 Å². The average molecular weight is 332 g/mol. The van der Waals surface area contributed by atoms with Crippen molar-refractivity contribution >= 4 is 28.5 Å². The molecule has 3 nitrogen and oxygen atoms in total. The largest absolute Gasteiger partial charge is 0.466 e. The quantitative estimate of drug-likeness (QED) is 0.830. The van der Waals surface area contributed by atoms with Gasteiger partial charge in [-0.1, -0.05) is 17.7 Å². The van der Waals surface area contributed by atoms with E-state index < -0.39 is 0 Å². The number of aromatic nitrogens is 1. The number of rotatable bonds is 3. The zero-order valence-electron chi connectivity index (χ0n) is 13.7. The molecule has 2 aromatic rings. The minimum Gasteiger partial charge on any atom is -0.466 e. The number of halogens is 1. The highest BCUT2D eigenvalue weighted by atomic mass is 35.5. The van der Waals surface area contributed by atoms with Crippen LogP contribution in [0.5, 0.6) is 0 Å². The molecule has 0 unspecified atom stereocenters. The summed E-state index contributed by atoms with van der Waals surface area (Å²) in [6.45, 7) is 4.38. The van der Waals surface area contributed by atoms with E-state index in [1.807, 2.05) is 13.0 Å². The van der Waals surface area contributed by atoms with Gasteiger partial charge in [0, 0.05) is 21.5 Å². The van der Waals surface area contributed by atoms with Gasteiger partial charge in [-0.15, -0.1) is 0 Å². The lowest BCUT2D eigenvalue weighted by atomic mass is 9.52. The first-order valence-corrected chi connectivity index (χ1v) is 8.90. The predicted octanol–water partition coefficient (Wildman–Crippen LogP) is 4.68. The van der Waals surface area contributed by atoms with E-state index in [-0.39, 0.29) is 11.4 Å². The van der Waals surface area contributed by atoms with E-state index in [1.54, 1.807) is 0 Å². The monoisotopic (exact) mass is 331 g/mol. The second-order valence-electron chi connectivity index (χ2n) is 6.99. The lowest BCUT2D eigenvalue weighted by molar-refractivity contribution is -0.147. The maximum Gasteiger partial charge on any atom is 0.306 e. The molecule has 4 heteroatoms. The van der Waals surface area contributed by atoms with Gasteiger partial charge in [-0.2, -0.15) is 0 Å². The Bertz CT molecular complexity index is 794. The van der Waals surface area contributed by atoms with Crippen LogP contribution < -0.4 is 0 Å². The molecule has 2 aliphatic carbocycles. The van der Waals surface area contributed by atoms with E-state index in [0.29, 0.717) is 18.9 Å². The van der Waals surface area contributed by atoms with Gasteiger partial charge < -0.3 is 9.72 Å². The van der Waals surface area contributed by atoms with Crippen molar-refractivity contribution in [2.24, 2.45) is 5.92 Å². The summed E-state index contributed by atoms with van der Waals surface area (Å²) < 4.78 is 5.25. The van der Waals surface area contributed by atoms with Crippen molar-refractivity contribution in [2.45, 2.75) is 51.4 Å². The van der Waals surface area contributed by atoms with Crippen LogP contribution in [0, 0.1) is 12.8 Å². The highest BCUT2D eigenvalue weighted by Gasteiger charge is 2.53. The lowest BCUT2D eigenvalue weighted by Crippen LogP contribution is -2.49. The second kappa shape index (κ2) is 5.27. The van der Waals surface area contributed by atoms with E-state index in [9.17, 15) is 4.79 Å². The summed E-state index contributed by atoms with van der Waals surface area (Å²) in [5.74, 6) is 0.529. The Labute approximate surface area is 141 Å². The van der Waals surface area contributed by atoms with Gasteiger partial charge >= 0.3 is 5.97 Å². The summed E-state index contributed by atoms with van der Waals surface area (Å²) >= 11 is 6.30. The van der Waals surface area contributed by atoms with Crippen molar-refractivity contribution in [3.8, 4) is 0 Å². The SMILES string of the molecule is CCOC(=O)C[C@@]12CC[C@@H]1CCc1c2[nH]c2c(C)c(Cl)ccc12. The molecule has 2 aliphatic rings. The number of aromatic amines is 1. The number of carbonyl (C=O) groups is 1.